The van der Waals surface area contributed by atoms with E-state index < -0.39 is 7.60 Å². The van der Waals surface area contributed by atoms with Gasteiger partial charge < -0.3 is 13.9 Å². The summed E-state index contributed by atoms with van der Waals surface area (Å²) in [4.78, 5) is 10.2. The Bertz CT molecular complexity index is 418. The van der Waals surface area contributed by atoms with Crippen LogP contribution in [-0.4, -0.2) is 42.9 Å². The van der Waals surface area contributed by atoms with Crippen LogP contribution in [0.15, 0.2) is 12.2 Å². The van der Waals surface area contributed by atoms with Crippen LogP contribution in [0.2, 0.25) is 0 Å². The zero-order valence-corrected chi connectivity index (χ0v) is 19.7. The molecule has 0 rings (SSSR count). The number of hydrogen-bond donors (Lipinski definition) is 1. The van der Waals surface area contributed by atoms with E-state index in [1.807, 2.05) is 28.1 Å². The first kappa shape index (κ1) is 26.9. The van der Waals surface area contributed by atoms with Gasteiger partial charge in [0.2, 0.25) is 0 Å². The zero-order chi connectivity index (χ0) is 20.6. The molecule has 2 atom stereocenters. The second kappa shape index (κ2) is 15.7. The number of quaternary nitrogens is 1. The van der Waals surface area contributed by atoms with Crippen molar-refractivity contribution in [3.05, 3.63) is 12.2 Å². The van der Waals surface area contributed by atoms with Gasteiger partial charge in [-0.25, -0.2) is 0 Å². The first-order valence-corrected chi connectivity index (χ1v) is 12.8. The van der Waals surface area contributed by atoms with Crippen LogP contribution < -0.4 is 0 Å². The lowest BCUT2D eigenvalue weighted by molar-refractivity contribution is -0.883. The van der Waals surface area contributed by atoms with Crippen molar-refractivity contribution in [1.29, 1.82) is 0 Å². The van der Waals surface area contributed by atoms with E-state index in [4.69, 9.17) is 4.52 Å². The predicted molar refractivity (Wildman–Crippen MR) is 118 cm³/mol. The minimum Gasteiger partial charge on any atom is -0.320 e. The van der Waals surface area contributed by atoms with Crippen molar-refractivity contribution < 1.29 is 18.5 Å². The Kier molecular flexibility index (Phi) is 15.6. The third kappa shape index (κ3) is 14.5. The predicted octanol–water partition coefficient (Wildman–Crippen LogP) is 6.89. The minimum absolute atomic E-state index is 0.348. The van der Waals surface area contributed by atoms with Gasteiger partial charge in [-0.15, -0.1) is 0 Å². The summed E-state index contributed by atoms with van der Waals surface area (Å²) in [5, 5.41) is 0. The second-order valence-electron chi connectivity index (χ2n) is 8.63. The minimum atomic E-state index is -3.54. The average molecular weight is 405 g/mol. The molecule has 0 aliphatic heterocycles. The molecule has 0 bridgehead atoms. The van der Waals surface area contributed by atoms with E-state index in [1.165, 1.54) is 64.2 Å². The highest BCUT2D eigenvalue weighted by molar-refractivity contribution is 7.53. The third-order valence-corrected chi connectivity index (χ3v) is 7.43. The summed E-state index contributed by atoms with van der Waals surface area (Å²) in [6, 6.07) is 0. The summed E-state index contributed by atoms with van der Waals surface area (Å²) in [7, 11) is 2.30. The molecule has 4 nitrogen and oxygen atoms in total. The fourth-order valence-electron chi connectivity index (χ4n) is 3.48. The molecule has 0 aromatic rings. The Balaban J connectivity index is 3.57. The highest BCUT2D eigenvalue weighted by atomic mass is 31.2. The monoisotopic (exact) mass is 404 g/mol. The van der Waals surface area contributed by atoms with E-state index in [2.05, 4.69) is 19.1 Å². The molecule has 27 heavy (non-hydrogen) atoms. The molecule has 0 aliphatic rings. The summed E-state index contributed by atoms with van der Waals surface area (Å²) in [5.74, 6) is -0.348. The quantitative estimate of drug-likeness (QED) is 0.117. The SMILES string of the molecule is CCCCC=CCCCCCCCCCCOP(=O)(O)C(CC)[N+](C)(C)C. The van der Waals surface area contributed by atoms with Crippen LogP contribution in [0.5, 0.6) is 0 Å². The highest BCUT2D eigenvalue weighted by Gasteiger charge is 2.41. The van der Waals surface area contributed by atoms with E-state index in [0.717, 1.165) is 12.8 Å². The summed E-state index contributed by atoms with van der Waals surface area (Å²) >= 11 is 0. The van der Waals surface area contributed by atoms with E-state index in [-0.39, 0.29) is 5.78 Å². The maximum Gasteiger partial charge on any atom is 0.385 e. The number of nitrogens with zero attached hydrogens (tertiary/aromatic N) is 1. The molecule has 0 spiro atoms. The van der Waals surface area contributed by atoms with Crippen LogP contribution in [0.25, 0.3) is 0 Å². The topological polar surface area (TPSA) is 46.5 Å². The van der Waals surface area contributed by atoms with Crippen LogP contribution in [0.3, 0.4) is 0 Å². The summed E-state index contributed by atoms with van der Waals surface area (Å²) in [6.45, 7) is 4.58. The molecule has 0 aliphatic carbocycles. The van der Waals surface area contributed by atoms with Gasteiger partial charge in [0.1, 0.15) is 0 Å². The van der Waals surface area contributed by atoms with Gasteiger partial charge in [-0.1, -0.05) is 77.4 Å². The third-order valence-electron chi connectivity index (χ3n) is 5.07. The van der Waals surface area contributed by atoms with E-state index in [9.17, 15) is 9.46 Å². The lowest BCUT2D eigenvalue weighted by Gasteiger charge is -2.35. The molecule has 162 valence electrons. The number of unbranched alkanes of at least 4 members (excludes halogenated alkanes) is 10. The molecular weight excluding hydrogens is 357 g/mol. The van der Waals surface area contributed by atoms with Gasteiger partial charge in [0.15, 0.2) is 5.78 Å². The van der Waals surface area contributed by atoms with Crippen molar-refractivity contribution in [1.82, 2.24) is 0 Å². The Morgan fingerprint density at radius 1 is 0.852 bits per heavy atom. The largest absolute Gasteiger partial charge is 0.385 e. The molecule has 0 amide bonds. The molecule has 0 radical (unpaired) electrons. The van der Waals surface area contributed by atoms with E-state index in [1.54, 1.807) is 0 Å². The van der Waals surface area contributed by atoms with Crippen LogP contribution in [-0.2, 0) is 9.09 Å². The molecule has 0 saturated heterocycles. The van der Waals surface area contributed by atoms with Gasteiger partial charge in [0.05, 0.1) is 27.7 Å². The molecule has 0 saturated carbocycles. The molecule has 0 fully saturated rings. The van der Waals surface area contributed by atoms with Crippen LogP contribution in [0, 0.1) is 0 Å². The molecule has 5 heteroatoms. The Hall–Kier alpha value is -0.150. The molecule has 2 unspecified atom stereocenters. The maximum absolute atomic E-state index is 12.4. The lowest BCUT2D eigenvalue weighted by Crippen LogP contribution is -2.44. The van der Waals surface area contributed by atoms with Crippen molar-refractivity contribution in [2.24, 2.45) is 0 Å². The fraction of sp³-hybridized carbons (Fsp3) is 0.909. The van der Waals surface area contributed by atoms with Crippen molar-refractivity contribution in [3.8, 4) is 0 Å². The van der Waals surface area contributed by atoms with Crippen molar-refractivity contribution in [3.63, 3.8) is 0 Å². The van der Waals surface area contributed by atoms with Gasteiger partial charge in [-0.3, -0.25) is 4.57 Å². The van der Waals surface area contributed by atoms with Gasteiger partial charge in [0, 0.05) is 6.42 Å². The number of rotatable bonds is 18. The fourth-order valence-corrected chi connectivity index (χ4v) is 5.38. The Morgan fingerprint density at radius 3 is 1.81 bits per heavy atom. The van der Waals surface area contributed by atoms with Crippen LogP contribution >= 0.6 is 7.60 Å². The Morgan fingerprint density at radius 2 is 1.33 bits per heavy atom. The van der Waals surface area contributed by atoms with Crippen LogP contribution in [0.4, 0.5) is 0 Å². The summed E-state index contributed by atoms with van der Waals surface area (Å²) in [6.07, 6.45) is 20.1. The molecule has 0 heterocycles. The Labute approximate surface area is 169 Å². The first-order valence-electron chi connectivity index (χ1n) is 11.2. The van der Waals surface area contributed by atoms with E-state index in [0.29, 0.717) is 17.5 Å². The smallest absolute Gasteiger partial charge is 0.320 e. The normalized spacial score (nSPS) is 15.9. The van der Waals surface area contributed by atoms with Crippen molar-refractivity contribution in [2.45, 2.75) is 103 Å². The molecule has 1 N–H and O–H groups in total. The van der Waals surface area contributed by atoms with Crippen molar-refractivity contribution in [2.75, 3.05) is 27.7 Å². The molecule has 0 aromatic heterocycles. The van der Waals surface area contributed by atoms with Gasteiger partial charge >= 0.3 is 7.60 Å². The number of hydrogen-bond acceptors (Lipinski definition) is 2. The standard InChI is InChI=1S/C22H46NO3P/c1-6-8-9-10-11-12-13-14-15-16-17-18-19-20-21-26-27(24,25)22(7-2)23(3,4)5/h10-11,22H,6-9,12-21H2,1-5H3/p+1. The summed E-state index contributed by atoms with van der Waals surface area (Å²) < 4.78 is 18.3. The summed E-state index contributed by atoms with van der Waals surface area (Å²) in [5.41, 5.74) is 0. The molecular formula is C22H47NO3P+. The van der Waals surface area contributed by atoms with Gasteiger partial charge in [-0.05, 0) is 25.7 Å². The number of allylic oxidation sites excluding steroid dienone is 2. The zero-order valence-electron chi connectivity index (χ0n) is 18.8. The highest BCUT2D eigenvalue weighted by Crippen LogP contribution is 2.51. The van der Waals surface area contributed by atoms with Gasteiger partial charge in [-0.2, -0.15) is 0 Å². The second-order valence-corrected chi connectivity index (χ2v) is 10.6. The first-order chi connectivity index (χ1) is 12.8. The van der Waals surface area contributed by atoms with Gasteiger partial charge in [0.25, 0.3) is 0 Å². The average Bonchev–Trinajstić information content (AvgIpc) is 2.57. The van der Waals surface area contributed by atoms with Crippen LogP contribution in [0.1, 0.15) is 97.3 Å². The van der Waals surface area contributed by atoms with Crippen molar-refractivity contribution >= 4 is 7.60 Å². The maximum atomic E-state index is 12.4. The lowest BCUT2D eigenvalue weighted by atomic mass is 10.1. The molecule has 0 aromatic carbocycles. The van der Waals surface area contributed by atoms with E-state index >= 15 is 0 Å².